The van der Waals surface area contributed by atoms with Gasteiger partial charge in [-0.25, -0.2) is 0 Å². The summed E-state index contributed by atoms with van der Waals surface area (Å²) in [5, 5.41) is 11.5. The van der Waals surface area contributed by atoms with Crippen LogP contribution < -0.4 is 0 Å². The van der Waals surface area contributed by atoms with Gasteiger partial charge in [0.05, 0.1) is 5.41 Å². The molecule has 3 nitrogen and oxygen atoms in total. The molecule has 0 saturated heterocycles. The lowest BCUT2D eigenvalue weighted by Gasteiger charge is -2.20. The number of aldehydes is 1. The second-order valence-corrected chi connectivity index (χ2v) is 6.42. The lowest BCUT2D eigenvalue weighted by Crippen LogP contribution is -2.28. The van der Waals surface area contributed by atoms with Crippen LogP contribution in [-0.4, -0.2) is 17.4 Å². The third-order valence-electron chi connectivity index (χ3n) is 4.45. The van der Waals surface area contributed by atoms with Crippen LogP contribution in [-0.2, 0) is 10.2 Å². The number of hydrogen-bond donors (Lipinski definition) is 1. The summed E-state index contributed by atoms with van der Waals surface area (Å²) in [5.41, 5.74) is 2.19. The topological polar surface area (TPSA) is 54.4 Å². The quantitative estimate of drug-likeness (QED) is 0.711. The lowest BCUT2D eigenvalue weighted by atomic mass is 9.83. The third-order valence-corrected chi connectivity index (χ3v) is 4.45. The number of carboxylic acid groups (broad SMARTS) is 1. The number of benzene rings is 3. The molecule has 0 saturated carbocycles. The van der Waals surface area contributed by atoms with E-state index < -0.39 is 11.4 Å². The summed E-state index contributed by atoms with van der Waals surface area (Å²) in [6.07, 6.45) is 0.834. The Morgan fingerprint density at radius 3 is 2.46 bits per heavy atom. The number of carbonyl (C=O) groups excluding carboxylic acids is 1. The highest BCUT2D eigenvalue weighted by Crippen LogP contribution is 2.33. The SMILES string of the molecule is CC(C)(C(=O)O)c1cccc(-c2cc(C=O)cc3ccccc23)c1. The molecule has 0 unspecified atom stereocenters. The first-order valence-electron chi connectivity index (χ1n) is 7.76. The molecule has 24 heavy (non-hydrogen) atoms. The van der Waals surface area contributed by atoms with Crippen molar-refractivity contribution in [2.75, 3.05) is 0 Å². The van der Waals surface area contributed by atoms with Gasteiger partial charge in [-0.1, -0.05) is 48.5 Å². The van der Waals surface area contributed by atoms with E-state index in [1.165, 1.54) is 0 Å². The number of carbonyl (C=O) groups is 2. The molecule has 0 aliphatic heterocycles. The van der Waals surface area contributed by atoms with Gasteiger partial charge >= 0.3 is 5.97 Å². The van der Waals surface area contributed by atoms with E-state index in [-0.39, 0.29) is 0 Å². The normalized spacial score (nSPS) is 11.4. The minimum absolute atomic E-state index is 0.603. The Hall–Kier alpha value is -2.94. The average Bonchev–Trinajstić information content (AvgIpc) is 2.60. The second kappa shape index (κ2) is 5.93. The number of rotatable bonds is 4. The molecular weight excluding hydrogens is 300 g/mol. The van der Waals surface area contributed by atoms with Crippen LogP contribution >= 0.6 is 0 Å². The molecule has 3 aromatic carbocycles. The van der Waals surface area contributed by atoms with Gasteiger partial charge in [-0.05, 0) is 53.4 Å². The van der Waals surface area contributed by atoms with Gasteiger partial charge in [0.25, 0.3) is 0 Å². The monoisotopic (exact) mass is 318 g/mol. The van der Waals surface area contributed by atoms with E-state index in [1.54, 1.807) is 13.8 Å². The lowest BCUT2D eigenvalue weighted by molar-refractivity contribution is -0.142. The van der Waals surface area contributed by atoms with E-state index >= 15 is 0 Å². The summed E-state index contributed by atoms with van der Waals surface area (Å²) >= 11 is 0. The molecule has 1 N–H and O–H groups in total. The second-order valence-electron chi connectivity index (χ2n) is 6.42. The Morgan fingerprint density at radius 1 is 1.00 bits per heavy atom. The van der Waals surface area contributed by atoms with Crippen LogP contribution in [0, 0.1) is 0 Å². The molecule has 3 aromatic rings. The molecule has 0 aliphatic carbocycles. The molecular formula is C21H18O3. The van der Waals surface area contributed by atoms with Crippen molar-refractivity contribution in [3.05, 3.63) is 71.8 Å². The molecule has 0 heterocycles. The Bertz CT molecular complexity index is 939. The molecule has 0 spiro atoms. The van der Waals surface area contributed by atoms with Crippen molar-refractivity contribution in [3.63, 3.8) is 0 Å². The first-order chi connectivity index (χ1) is 11.4. The van der Waals surface area contributed by atoms with E-state index in [2.05, 4.69) is 0 Å². The van der Waals surface area contributed by atoms with E-state index in [9.17, 15) is 14.7 Å². The minimum Gasteiger partial charge on any atom is -0.481 e. The third kappa shape index (κ3) is 2.69. The molecule has 0 amide bonds. The van der Waals surface area contributed by atoms with Crippen molar-refractivity contribution in [2.45, 2.75) is 19.3 Å². The van der Waals surface area contributed by atoms with Gasteiger partial charge in [0, 0.05) is 5.56 Å². The van der Waals surface area contributed by atoms with E-state index in [0.29, 0.717) is 5.56 Å². The zero-order valence-corrected chi connectivity index (χ0v) is 13.6. The summed E-state index contributed by atoms with van der Waals surface area (Å²) in [4.78, 5) is 22.8. The maximum absolute atomic E-state index is 11.5. The Labute approximate surface area is 140 Å². The molecule has 0 radical (unpaired) electrons. The number of aliphatic carboxylic acids is 1. The summed E-state index contributed by atoms with van der Waals surface area (Å²) in [7, 11) is 0. The smallest absolute Gasteiger partial charge is 0.313 e. The van der Waals surface area contributed by atoms with Crippen LogP contribution in [0.5, 0.6) is 0 Å². The van der Waals surface area contributed by atoms with Crippen molar-refractivity contribution in [1.29, 1.82) is 0 Å². The molecule has 0 atom stereocenters. The molecule has 0 aromatic heterocycles. The van der Waals surface area contributed by atoms with Crippen LogP contribution in [0.25, 0.3) is 21.9 Å². The molecule has 0 fully saturated rings. The van der Waals surface area contributed by atoms with Crippen LogP contribution in [0.15, 0.2) is 60.7 Å². The number of hydrogen-bond acceptors (Lipinski definition) is 2. The molecule has 3 heteroatoms. The summed E-state index contributed by atoms with van der Waals surface area (Å²) in [5.74, 6) is -0.869. The van der Waals surface area contributed by atoms with Gasteiger partial charge in [-0.15, -0.1) is 0 Å². The fourth-order valence-corrected chi connectivity index (χ4v) is 2.84. The Balaban J connectivity index is 2.25. The minimum atomic E-state index is -0.978. The van der Waals surface area contributed by atoms with E-state index in [1.807, 2.05) is 60.7 Å². The largest absolute Gasteiger partial charge is 0.481 e. The summed E-state index contributed by atoms with van der Waals surface area (Å²) in [6.45, 7) is 3.38. The highest BCUT2D eigenvalue weighted by Gasteiger charge is 2.29. The van der Waals surface area contributed by atoms with Crippen molar-refractivity contribution in [2.24, 2.45) is 0 Å². The van der Waals surface area contributed by atoms with Gasteiger partial charge < -0.3 is 5.11 Å². The maximum Gasteiger partial charge on any atom is 0.313 e. The standard InChI is InChI=1S/C21H18O3/c1-21(2,20(23)24)17-8-5-7-16(12-17)19-11-14(13-22)10-15-6-3-4-9-18(15)19/h3-13H,1-2H3,(H,23,24). The molecule has 120 valence electrons. The Morgan fingerprint density at radius 2 is 1.75 bits per heavy atom. The summed E-state index contributed by atoms with van der Waals surface area (Å²) < 4.78 is 0. The van der Waals surface area contributed by atoms with Gasteiger partial charge in [-0.3, -0.25) is 9.59 Å². The van der Waals surface area contributed by atoms with Crippen LogP contribution in [0.1, 0.15) is 29.8 Å². The first-order valence-corrected chi connectivity index (χ1v) is 7.76. The molecule has 3 rings (SSSR count). The van der Waals surface area contributed by atoms with Gasteiger partial charge in [-0.2, -0.15) is 0 Å². The van der Waals surface area contributed by atoms with Gasteiger partial charge in [0.15, 0.2) is 0 Å². The average molecular weight is 318 g/mol. The van der Waals surface area contributed by atoms with Crippen molar-refractivity contribution >= 4 is 23.0 Å². The molecule has 0 aliphatic rings. The van der Waals surface area contributed by atoms with E-state index in [4.69, 9.17) is 0 Å². The van der Waals surface area contributed by atoms with Crippen molar-refractivity contribution in [1.82, 2.24) is 0 Å². The first kappa shape index (κ1) is 15.9. The van der Waals surface area contributed by atoms with Crippen LogP contribution in [0.4, 0.5) is 0 Å². The number of carboxylic acids is 1. The van der Waals surface area contributed by atoms with E-state index in [0.717, 1.165) is 33.7 Å². The Kier molecular flexibility index (Phi) is 3.94. The highest BCUT2D eigenvalue weighted by atomic mass is 16.4. The fraction of sp³-hybridized carbons (Fsp3) is 0.143. The maximum atomic E-state index is 11.5. The zero-order chi connectivity index (χ0) is 17.3. The predicted octanol–water partition coefficient (Wildman–Crippen LogP) is 4.68. The molecule has 0 bridgehead atoms. The van der Waals surface area contributed by atoms with Crippen LogP contribution in [0.2, 0.25) is 0 Å². The zero-order valence-electron chi connectivity index (χ0n) is 13.6. The van der Waals surface area contributed by atoms with Crippen LogP contribution in [0.3, 0.4) is 0 Å². The van der Waals surface area contributed by atoms with Gasteiger partial charge in [0.1, 0.15) is 6.29 Å². The summed E-state index contributed by atoms with van der Waals surface area (Å²) in [6, 6.07) is 19.1. The van der Waals surface area contributed by atoms with Crippen molar-refractivity contribution in [3.8, 4) is 11.1 Å². The number of fused-ring (bicyclic) bond motifs is 1. The highest BCUT2D eigenvalue weighted by molar-refractivity contribution is 6.00. The van der Waals surface area contributed by atoms with Gasteiger partial charge in [0.2, 0.25) is 0 Å². The fourth-order valence-electron chi connectivity index (χ4n) is 2.84. The van der Waals surface area contributed by atoms with Crippen molar-refractivity contribution < 1.29 is 14.7 Å². The predicted molar refractivity (Wildman–Crippen MR) is 95.4 cm³/mol.